The summed E-state index contributed by atoms with van der Waals surface area (Å²) in [7, 11) is 0. The average Bonchev–Trinajstić information content (AvgIpc) is 3.65. The molecule has 3 aromatic heterocycles. The number of hydrogen-bond donors (Lipinski definition) is 1. The van der Waals surface area contributed by atoms with Crippen molar-refractivity contribution in [2.75, 3.05) is 23.7 Å². The molecule has 2 N–H and O–H groups in total. The second-order valence-corrected chi connectivity index (χ2v) is 12.7. The van der Waals surface area contributed by atoms with E-state index < -0.39 is 0 Å². The van der Waals surface area contributed by atoms with Crippen molar-refractivity contribution in [2.24, 2.45) is 5.41 Å². The first-order valence-corrected chi connectivity index (χ1v) is 14.6. The van der Waals surface area contributed by atoms with Gasteiger partial charge in [-0.05, 0) is 67.0 Å². The van der Waals surface area contributed by atoms with Gasteiger partial charge in [0.15, 0.2) is 22.1 Å². The summed E-state index contributed by atoms with van der Waals surface area (Å²) in [6.07, 6.45) is 6.63. The van der Waals surface area contributed by atoms with E-state index in [1.807, 2.05) is 6.92 Å². The van der Waals surface area contributed by atoms with Crippen LogP contribution in [-0.2, 0) is 19.4 Å². The second-order valence-electron chi connectivity index (χ2n) is 11.6. The van der Waals surface area contributed by atoms with Crippen LogP contribution in [-0.4, -0.2) is 37.6 Å². The number of rotatable bonds is 8. The first-order chi connectivity index (χ1) is 19.2. The van der Waals surface area contributed by atoms with Gasteiger partial charge in [0, 0.05) is 30.2 Å². The molecule has 2 aromatic carbocycles. The summed E-state index contributed by atoms with van der Waals surface area (Å²) < 4.78 is 8.16. The number of aromatic nitrogens is 5. The molecule has 0 aliphatic heterocycles. The van der Waals surface area contributed by atoms with E-state index in [2.05, 4.69) is 87.7 Å². The molecule has 0 saturated heterocycles. The van der Waals surface area contributed by atoms with Crippen molar-refractivity contribution in [3.05, 3.63) is 71.9 Å². The first-order valence-electron chi connectivity index (χ1n) is 13.8. The molecule has 0 radical (unpaired) electrons. The van der Waals surface area contributed by atoms with E-state index in [9.17, 15) is 0 Å². The Bertz CT molecular complexity index is 1650. The summed E-state index contributed by atoms with van der Waals surface area (Å²) >= 11 is 1.62. The normalized spacial score (nSPS) is 13.2. The number of para-hydroxylation sites is 1. The van der Waals surface area contributed by atoms with Crippen molar-refractivity contribution in [2.45, 2.75) is 63.6 Å². The van der Waals surface area contributed by atoms with Crippen LogP contribution < -0.4 is 10.6 Å². The van der Waals surface area contributed by atoms with E-state index in [0.717, 1.165) is 53.0 Å². The Morgan fingerprint density at radius 1 is 1.05 bits per heavy atom. The number of imidazole rings is 1. The van der Waals surface area contributed by atoms with E-state index >= 15 is 0 Å². The van der Waals surface area contributed by atoms with Gasteiger partial charge in [0.05, 0.1) is 11.8 Å². The number of nitrogen functional groups attached to an aromatic ring is 1. The second kappa shape index (κ2) is 10.6. The first kappa shape index (κ1) is 26.4. The lowest BCUT2D eigenvalue weighted by atomic mass is 9.95. The Morgan fingerprint density at radius 3 is 2.55 bits per heavy atom. The van der Waals surface area contributed by atoms with Crippen molar-refractivity contribution in [1.82, 2.24) is 24.5 Å². The third kappa shape index (κ3) is 5.43. The van der Waals surface area contributed by atoms with Crippen LogP contribution in [0.4, 0.5) is 11.5 Å². The molecule has 3 heterocycles. The van der Waals surface area contributed by atoms with Crippen LogP contribution in [0.15, 0.2) is 69.5 Å². The molecule has 0 fully saturated rings. The van der Waals surface area contributed by atoms with Gasteiger partial charge in [0.1, 0.15) is 12.1 Å². The lowest BCUT2D eigenvalue weighted by molar-refractivity contribution is 0.405. The van der Waals surface area contributed by atoms with Crippen molar-refractivity contribution >= 4 is 34.4 Å². The number of aryl methyl sites for hydroxylation is 3. The van der Waals surface area contributed by atoms with Crippen LogP contribution in [0.25, 0.3) is 22.6 Å². The maximum absolute atomic E-state index is 6.29. The van der Waals surface area contributed by atoms with Crippen molar-refractivity contribution in [3.8, 4) is 11.5 Å². The largest absolute Gasteiger partial charge is 0.441 e. The topological polar surface area (TPSA) is 98.9 Å². The molecular weight excluding hydrogens is 518 g/mol. The predicted octanol–water partition coefficient (Wildman–Crippen LogP) is 6.56. The Kier molecular flexibility index (Phi) is 7.00. The predicted molar refractivity (Wildman–Crippen MR) is 161 cm³/mol. The monoisotopic (exact) mass is 553 g/mol. The molecule has 8 nitrogen and oxygen atoms in total. The highest BCUT2D eigenvalue weighted by Crippen LogP contribution is 2.40. The molecule has 0 unspecified atom stereocenters. The van der Waals surface area contributed by atoms with Crippen molar-refractivity contribution in [3.63, 3.8) is 0 Å². The number of benzene rings is 2. The number of fused-ring (bicyclic) bond motifs is 2. The van der Waals surface area contributed by atoms with Gasteiger partial charge in [-0.15, -0.1) is 0 Å². The highest BCUT2D eigenvalue weighted by molar-refractivity contribution is 7.99. The van der Waals surface area contributed by atoms with Gasteiger partial charge in [-0.1, -0.05) is 50.7 Å². The van der Waals surface area contributed by atoms with Gasteiger partial charge in [-0.2, -0.15) is 0 Å². The number of oxazole rings is 1. The Balaban J connectivity index is 1.40. The molecular formula is C31H35N7OS. The van der Waals surface area contributed by atoms with Crippen LogP contribution in [0.3, 0.4) is 0 Å². The maximum atomic E-state index is 6.29. The van der Waals surface area contributed by atoms with Gasteiger partial charge in [-0.3, -0.25) is 0 Å². The average molecular weight is 554 g/mol. The van der Waals surface area contributed by atoms with Crippen LogP contribution in [0.1, 0.15) is 44.1 Å². The lowest BCUT2D eigenvalue weighted by Crippen LogP contribution is -2.35. The highest BCUT2D eigenvalue weighted by Gasteiger charge is 2.23. The van der Waals surface area contributed by atoms with Crippen molar-refractivity contribution in [1.29, 1.82) is 0 Å². The minimum absolute atomic E-state index is 0.129. The molecule has 0 atom stereocenters. The quantitative estimate of drug-likeness (QED) is 0.231. The smallest absolute Gasteiger partial charge is 0.227 e. The van der Waals surface area contributed by atoms with E-state index in [-0.39, 0.29) is 5.41 Å². The van der Waals surface area contributed by atoms with Gasteiger partial charge < -0.3 is 19.6 Å². The zero-order chi connectivity index (χ0) is 27.9. The summed E-state index contributed by atoms with van der Waals surface area (Å²) in [5, 5.41) is 0.827. The Hall–Kier alpha value is -3.85. The lowest BCUT2D eigenvalue weighted by Gasteiger charge is -2.32. The third-order valence-electron chi connectivity index (χ3n) is 7.15. The number of nitrogens with zero attached hydrogens (tertiary/aromatic N) is 6. The Labute approximate surface area is 239 Å². The molecule has 0 bridgehead atoms. The molecule has 0 saturated carbocycles. The molecule has 6 rings (SSSR count). The molecule has 1 aliphatic carbocycles. The SMILES string of the molecule is Cc1cnc(-c2cc3c(cc2Sc2nc4c(N)ncnc4n2CCN(CC(C)(C)C)c2ccccc2)CCC3)o1. The highest BCUT2D eigenvalue weighted by atomic mass is 32.2. The number of hydrogen-bond acceptors (Lipinski definition) is 8. The van der Waals surface area contributed by atoms with Gasteiger partial charge in [0.25, 0.3) is 0 Å². The van der Waals surface area contributed by atoms with E-state index in [1.165, 1.54) is 29.6 Å². The molecule has 5 aromatic rings. The minimum atomic E-state index is 0.129. The number of nitrogens with two attached hydrogens (primary N) is 1. The molecule has 1 aliphatic rings. The fourth-order valence-electron chi connectivity index (χ4n) is 5.38. The van der Waals surface area contributed by atoms with E-state index in [4.69, 9.17) is 15.1 Å². The number of anilines is 2. The summed E-state index contributed by atoms with van der Waals surface area (Å²) in [5.41, 5.74) is 12.7. The maximum Gasteiger partial charge on any atom is 0.227 e. The van der Waals surface area contributed by atoms with Crippen LogP contribution in [0, 0.1) is 12.3 Å². The molecule has 9 heteroatoms. The zero-order valence-corrected chi connectivity index (χ0v) is 24.3. The van der Waals surface area contributed by atoms with E-state index in [1.54, 1.807) is 18.0 Å². The van der Waals surface area contributed by atoms with Crippen LogP contribution in [0.2, 0.25) is 0 Å². The van der Waals surface area contributed by atoms with Gasteiger partial charge in [-0.25, -0.2) is 19.9 Å². The molecule has 0 spiro atoms. The van der Waals surface area contributed by atoms with Crippen LogP contribution in [0.5, 0.6) is 0 Å². The zero-order valence-electron chi connectivity index (χ0n) is 23.5. The molecule has 40 heavy (non-hydrogen) atoms. The third-order valence-corrected chi connectivity index (χ3v) is 8.20. The van der Waals surface area contributed by atoms with Crippen LogP contribution >= 0.6 is 11.8 Å². The minimum Gasteiger partial charge on any atom is -0.441 e. The summed E-state index contributed by atoms with van der Waals surface area (Å²) in [5.74, 6) is 1.82. The van der Waals surface area contributed by atoms with Gasteiger partial charge in [0.2, 0.25) is 5.89 Å². The molecule has 0 amide bonds. The standard InChI is InChI=1S/C31H35N7OS/c1-20-17-33-29(39-20)24-15-21-9-8-10-22(21)16-25(24)40-30-36-26-27(32)34-19-35-28(26)38(30)14-13-37(18-31(2,3)4)23-11-6-5-7-12-23/h5-7,11-12,15-17,19H,8-10,13-14,18H2,1-4H3,(H2,32,34,35). The van der Waals surface area contributed by atoms with Gasteiger partial charge >= 0.3 is 0 Å². The fourth-order valence-corrected chi connectivity index (χ4v) is 6.45. The molecule has 206 valence electrons. The summed E-state index contributed by atoms with van der Waals surface area (Å²) in [6, 6.07) is 15.1. The Morgan fingerprint density at radius 2 is 1.82 bits per heavy atom. The van der Waals surface area contributed by atoms with Crippen molar-refractivity contribution < 1.29 is 4.42 Å². The summed E-state index contributed by atoms with van der Waals surface area (Å²) in [4.78, 5) is 21.9. The fraction of sp³-hybridized carbons (Fsp3) is 0.355. The van der Waals surface area contributed by atoms with E-state index in [0.29, 0.717) is 23.8 Å². The summed E-state index contributed by atoms with van der Waals surface area (Å²) in [6.45, 7) is 11.1.